The first kappa shape index (κ1) is 22.9. The molecule has 5 aromatic rings. The van der Waals surface area contributed by atoms with Crippen molar-refractivity contribution in [2.24, 2.45) is 0 Å². The van der Waals surface area contributed by atoms with Gasteiger partial charge in [0.05, 0.1) is 5.52 Å². The van der Waals surface area contributed by atoms with E-state index in [9.17, 15) is 0 Å². The Morgan fingerprint density at radius 1 is 0.718 bits per heavy atom. The van der Waals surface area contributed by atoms with Gasteiger partial charge in [0, 0.05) is 32.8 Å². The highest BCUT2D eigenvalue weighted by Crippen LogP contribution is 2.52. The van der Waals surface area contributed by atoms with Crippen LogP contribution < -0.4 is 10.9 Å². The molecule has 0 bridgehead atoms. The standard InChI is InChI=1S/C37H32BN/c1-7-13-28-34-22(2)39-33-19-11-9-15-24(33)25-16-12-18-31(35(25)39)38(34)32-20-26-23-14-8-10-17-27(23)36(3,4)29(26)21-30(32)37(28,5)6/h7-21H,1H2,2-6H3/b28-13+. The van der Waals surface area contributed by atoms with Crippen LogP contribution in [0.25, 0.3) is 38.6 Å². The van der Waals surface area contributed by atoms with E-state index in [2.05, 4.69) is 131 Å². The van der Waals surface area contributed by atoms with Gasteiger partial charge in [-0.25, -0.2) is 0 Å². The molecule has 3 aliphatic rings. The second kappa shape index (κ2) is 7.33. The predicted molar refractivity (Wildman–Crippen MR) is 169 cm³/mol. The van der Waals surface area contributed by atoms with Crippen LogP contribution in [0.5, 0.6) is 0 Å². The van der Waals surface area contributed by atoms with Crippen LogP contribution in [0.15, 0.2) is 109 Å². The third-order valence-electron chi connectivity index (χ3n) is 10.0. The zero-order valence-electron chi connectivity index (χ0n) is 23.4. The van der Waals surface area contributed by atoms with Crippen LogP contribution in [0.2, 0.25) is 0 Å². The predicted octanol–water partition coefficient (Wildman–Crippen LogP) is 7.90. The van der Waals surface area contributed by atoms with Gasteiger partial charge in [-0.05, 0) is 57.3 Å². The summed E-state index contributed by atoms with van der Waals surface area (Å²) in [7, 11) is 0. The highest BCUT2D eigenvalue weighted by atomic mass is 15.0. The molecule has 1 aromatic heterocycles. The largest absolute Gasteiger partial charge is 0.314 e. The number of hydrogen-bond acceptors (Lipinski definition) is 0. The summed E-state index contributed by atoms with van der Waals surface area (Å²) in [5.74, 6) is 0. The Morgan fingerprint density at radius 3 is 2.28 bits per heavy atom. The molecule has 0 fully saturated rings. The maximum absolute atomic E-state index is 4.16. The van der Waals surface area contributed by atoms with Crippen molar-refractivity contribution < 1.29 is 0 Å². The molecule has 2 aliphatic heterocycles. The number of nitrogens with zero attached hydrogens (tertiary/aromatic N) is 1. The first-order chi connectivity index (χ1) is 18.8. The molecule has 0 saturated carbocycles. The summed E-state index contributed by atoms with van der Waals surface area (Å²) in [5, 5.41) is 2.67. The van der Waals surface area contributed by atoms with Crippen molar-refractivity contribution in [2.75, 3.05) is 0 Å². The van der Waals surface area contributed by atoms with E-state index in [4.69, 9.17) is 0 Å². The van der Waals surface area contributed by atoms with Gasteiger partial charge in [-0.2, -0.15) is 0 Å². The number of hydrogen-bond donors (Lipinski definition) is 0. The van der Waals surface area contributed by atoms with Crippen molar-refractivity contribution in [3.05, 3.63) is 125 Å². The van der Waals surface area contributed by atoms with E-state index in [0.29, 0.717) is 0 Å². The molecule has 0 saturated heterocycles. The van der Waals surface area contributed by atoms with Gasteiger partial charge in [-0.3, -0.25) is 0 Å². The van der Waals surface area contributed by atoms with Gasteiger partial charge in [-0.15, -0.1) is 0 Å². The Labute approximate surface area is 231 Å². The van der Waals surface area contributed by atoms with Crippen LogP contribution in [-0.4, -0.2) is 11.3 Å². The summed E-state index contributed by atoms with van der Waals surface area (Å²) in [6, 6.07) is 29.9. The molecule has 2 heteroatoms. The molecular weight excluding hydrogens is 469 g/mol. The summed E-state index contributed by atoms with van der Waals surface area (Å²) >= 11 is 0. The maximum Gasteiger partial charge on any atom is 0.247 e. The van der Waals surface area contributed by atoms with Gasteiger partial charge in [0.2, 0.25) is 6.71 Å². The van der Waals surface area contributed by atoms with E-state index >= 15 is 0 Å². The van der Waals surface area contributed by atoms with E-state index in [1.165, 1.54) is 77.3 Å². The SMILES string of the molecule is C=C/C=C1\C2=C(C)n3c4ccccc4c4cccc(c43)B2c2cc3c(cc2C1(C)C)C(C)(C)c1ccccc1-3. The number of fused-ring (bicyclic) bond motifs is 10. The Kier molecular flexibility index (Phi) is 4.30. The molecule has 0 amide bonds. The normalized spacial score (nSPS) is 18.8. The van der Waals surface area contributed by atoms with Crippen molar-refractivity contribution >= 4 is 45.1 Å². The fourth-order valence-corrected chi connectivity index (χ4v) is 8.23. The number of benzene rings is 4. The molecule has 1 aliphatic carbocycles. The Bertz CT molecular complexity index is 1990. The molecule has 8 rings (SSSR count). The average Bonchev–Trinajstić information content (AvgIpc) is 3.39. The number of aromatic nitrogens is 1. The average molecular weight is 501 g/mol. The molecular formula is C37H32BN. The van der Waals surface area contributed by atoms with Crippen molar-refractivity contribution in [1.82, 2.24) is 4.57 Å². The molecule has 0 spiro atoms. The zero-order chi connectivity index (χ0) is 26.8. The van der Waals surface area contributed by atoms with Crippen molar-refractivity contribution in [2.45, 2.75) is 45.4 Å². The third kappa shape index (κ3) is 2.63. The topological polar surface area (TPSA) is 4.93 Å². The first-order valence-corrected chi connectivity index (χ1v) is 14.1. The lowest BCUT2D eigenvalue weighted by molar-refractivity contribution is 0.623. The minimum Gasteiger partial charge on any atom is -0.314 e. The molecule has 39 heavy (non-hydrogen) atoms. The molecule has 0 atom stereocenters. The highest BCUT2D eigenvalue weighted by Gasteiger charge is 2.48. The summed E-state index contributed by atoms with van der Waals surface area (Å²) in [6.07, 6.45) is 4.26. The molecule has 3 heterocycles. The first-order valence-electron chi connectivity index (χ1n) is 14.1. The number of para-hydroxylation sites is 2. The summed E-state index contributed by atoms with van der Waals surface area (Å²) in [6.45, 7) is 16.3. The summed E-state index contributed by atoms with van der Waals surface area (Å²) in [5.41, 5.74) is 16.6. The van der Waals surface area contributed by atoms with Crippen LogP contribution in [0, 0.1) is 0 Å². The minimum atomic E-state index is -0.162. The van der Waals surface area contributed by atoms with Crippen LogP contribution in [0.1, 0.15) is 51.3 Å². The molecule has 1 nitrogen and oxygen atoms in total. The van der Waals surface area contributed by atoms with Crippen molar-refractivity contribution in [3.63, 3.8) is 0 Å². The smallest absolute Gasteiger partial charge is 0.247 e. The van der Waals surface area contributed by atoms with Gasteiger partial charge >= 0.3 is 0 Å². The van der Waals surface area contributed by atoms with Crippen LogP contribution in [0.4, 0.5) is 0 Å². The van der Waals surface area contributed by atoms with E-state index in [1.54, 1.807) is 0 Å². The lowest BCUT2D eigenvalue weighted by Crippen LogP contribution is -2.56. The van der Waals surface area contributed by atoms with Crippen LogP contribution in [-0.2, 0) is 10.8 Å². The van der Waals surface area contributed by atoms with Gasteiger partial charge in [0.25, 0.3) is 0 Å². The van der Waals surface area contributed by atoms with Gasteiger partial charge in [0.15, 0.2) is 0 Å². The van der Waals surface area contributed by atoms with E-state index in [-0.39, 0.29) is 17.5 Å². The fourth-order valence-electron chi connectivity index (χ4n) is 8.23. The lowest BCUT2D eigenvalue weighted by Gasteiger charge is -2.44. The molecule has 0 N–H and O–H groups in total. The Morgan fingerprint density at radius 2 is 1.46 bits per heavy atom. The number of allylic oxidation sites excluding steroid dienone is 5. The van der Waals surface area contributed by atoms with Crippen LogP contribution in [0.3, 0.4) is 0 Å². The monoisotopic (exact) mass is 501 g/mol. The summed E-state index contributed by atoms with van der Waals surface area (Å²) in [4.78, 5) is 0. The second-order valence-corrected chi connectivity index (χ2v) is 12.6. The highest BCUT2D eigenvalue weighted by molar-refractivity contribution is 6.95. The quantitative estimate of drug-likeness (QED) is 0.206. The van der Waals surface area contributed by atoms with Crippen molar-refractivity contribution in [1.29, 1.82) is 0 Å². The minimum absolute atomic E-state index is 0.0234. The third-order valence-corrected chi connectivity index (χ3v) is 10.0. The van der Waals surface area contributed by atoms with E-state index in [0.717, 1.165) is 0 Å². The Balaban J connectivity index is 1.55. The fraction of sp³-hybridized carbons (Fsp3) is 0.189. The maximum atomic E-state index is 4.16. The lowest BCUT2D eigenvalue weighted by atomic mass is 9.29. The number of rotatable bonds is 1. The van der Waals surface area contributed by atoms with Crippen LogP contribution >= 0.6 is 0 Å². The van der Waals surface area contributed by atoms with Crippen molar-refractivity contribution in [3.8, 4) is 11.1 Å². The molecule has 0 radical (unpaired) electrons. The zero-order valence-corrected chi connectivity index (χ0v) is 23.4. The second-order valence-electron chi connectivity index (χ2n) is 12.6. The molecule has 4 aromatic carbocycles. The van der Waals surface area contributed by atoms with Gasteiger partial charge < -0.3 is 4.57 Å². The van der Waals surface area contributed by atoms with Gasteiger partial charge in [0.1, 0.15) is 0 Å². The van der Waals surface area contributed by atoms with E-state index in [1.807, 2.05) is 6.08 Å². The summed E-state index contributed by atoms with van der Waals surface area (Å²) < 4.78 is 2.52. The van der Waals surface area contributed by atoms with E-state index < -0.39 is 0 Å². The Hall–Kier alpha value is -4.04. The molecule has 0 unspecified atom stereocenters. The van der Waals surface area contributed by atoms with Gasteiger partial charge in [-0.1, -0.05) is 125 Å². The molecule has 188 valence electrons.